The number of aryl methyl sites for hydroxylation is 2. The molecule has 0 amide bonds. The van der Waals surface area contributed by atoms with Crippen molar-refractivity contribution in [2.75, 3.05) is 0 Å². The second-order valence-electron chi connectivity index (χ2n) is 9.39. The largest absolute Gasteiger partial charge is 0.456 e. The maximum absolute atomic E-state index is 6.38. The molecule has 0 aliphatic heterocycles. The summed E-state index contributed by atoms with van der Waals surface area (Å²) in [6.07, 6.45) is 7.35. The van der Waals surface area contributed by atoms with E-state index in [1.165, 1.54) is 22.1 Å². The molecule has 0 atom stereocenters. The number of fused-ring (bicyclic) bond motifs is 4. The van der Waals surface area contributed by atoms with Crippen molar-refractivity contribution < 1.29 is 4.42 Å². The van der Waals surface area contributed by atoms with Crippen molar-refractivity contribution >= 4 is 28.1 Å². The first kappa shape index (κ1) is 21.0. The Morgan fingerprint density at radius 2 is 1.72 bits per heavy atom. The van der Waals surface area contributed by atoms with Crippen molar-refractivity contribution in [2.45, 2.75) is 26.2 Å². The van der Waals surface area contributed by atoms with Gasteiger partial charge in [-0.1, -0.05) is 79.7 Å². The van der Waals surface area contributed by atoms with Gasteiger partial charge in [-0.2, -0.15) is 0 Å². The Labute approximate surface area is 210 Å². The molecular weight excluding hydrogens is 440 g/mol. The highest BCUT2D eigenvalue weighted by atomic mass is 16.3. The highest BCUT2D eigenvalue weighted by Crippen LogP contribution is 2.39. The van der Waals surface area contributed by atoms with E-state index in [1.807, 2.05) is 0 Å². The van der Waals surface area contributed by atoms with E-state index in [0.29, 0.717) is 0 Å². The van der Waals surface area contributed by atoms with Gasteiger partial charge in [-0.05, 0) is 60.7 Å². The van der Waals surface area contributed by atoms with Gasteiger partial charge in [0, 0.05) is 27.8 Å². The third-order valence-corrected chi connectivity index (χ3v) is 7.29. The average Bonchev–Trinajstić information content (AvgIpc) is 3.52. The summed E-state index contributed by atoms with van der Waals surface area (Å²) in [4.78, 5) is 5.10. The predicted octanol–water partition coefficient (Wildman–Crippen LogP) is 8.63. The number of rotatable bonds is 4. The number of nitrogens with zero attached hydrogens (tertiary/aromatic N) is 2. The van der Waals surface area contributed by atoms with Crippen molar-refractivity contribution in [1.82, 2.24) is 9.55 Å². The van der Waals surface area contributed by atoms with Crippen molar-refractivity contribution in [2.24, 2.45) is 0 Å². The predicted molar refractivity (Wildman–Crippen MR) is 148 cm³/mol. The van der Waals surface area contributed by atoms with Crippen molar-refractivity contribution in [3.8, 4) is 28.2 Å². The highest BCUT2D eigenvalue weighted by Gasteiger charge is 2.20. The number of hydrogen-bond donors (Lipinski definition) is 0. The van der Waals surface area contributed by atoms with Crippen LogP contribution in [0.3, 0.4) is 0 Å². The number of para-hydroxylation sites is 4. The van der Waals surface area contributed by atoms with Gasteiger partial charge in [-0.3, -0.25) is 4.57 Å². The number of hydrogen-bond acceptors (Lipinski definition) is 2. The number of benzene rings is 4. The molecule has 3 nitrogen and oxygen atoms in total. The van der Waals surface area contributed by atoms with Gasteiger partial charge in [-0.25, -0.2) is 4.98 Å². The number of imidazole rings is 1. The average molecular weight is 467 g/mol. The van der Waals surface area contributed by atoms with Gasteiger partial charge in [0.2, 0.25) is 0 Å². The molecular formula is C33H26N2O. The zero-order valence-corrected chi connectivity index (χ0v) is 20.2. The first-order valence-electron chi connectivity index (χ1n) is 12.7. The summed E-state index contributed by atoms with van der Waals surface area (Å²) in [5.74, 6) is 1.98. The molecule has 2 aromatic heterocycles. The minimum absolute atomic E-state index is 0.911. The van der Waals surface area contributed by atoms with Gasteiger partial charge >= 0.3 is 0 Å². The van der Waals surface area contributed by atoms with Crippen LogP contribution in [-0.4, -0.2) is 9.55 Å². The molecule has 4 aromatic carbocycles. The Bertz CT molecular complexity index is 1770. The fraction of sp³-hybridized carbons (Fsp3) is 0.121. The number of furan rings is 1. The first-order chi connectivity index (χ1) is 17.8. The van der Waals surface area contributed by atoms with E-state index in [4.69, 9.17) is 9.40 Å². The molecule has 1 aliphatic carbocycles. The molecule has 0 unspecified atom stereocenters. The van der Waals surface area contributed by atoms with Crippen LogP contribution < -0.4 is 0 Å². The SMILES string of the molecule is CCc1cc(-c2cccc3c4c(oc23)C=CCC4)ccc1-c1nc2ccccc2n1-c1ccccc1. The Kier molecular flexibility index (Phi) is 4.88. The monoisotopic (exact) mass is 466 g/mol. The minimum atomic E-state index is 0.911. The number of aromatic nitrogens is 2. The zero-order chi connectivity index (χ0) is 24.1. The van der Waals surface area contributed by atoms with Crippen LogP contribution in [0, 0.1) is 0 Å². The van der Waals surface area contributed by atoms with Crippen LogP contribution in [0.1, 0.15) is 30.2 Å². The summed E-state index contributed by atoms with van der Waals surface area (Å²) in [5.41, 5.74) is 10.3. The molecule has 0 saturated carbocycles. The molecule has 3 heteroatoms. The van der Waals surface area contributed by atoms with Crippen LogP contribution in [0.4, 0.5) is 0 Å². The van der Waals surface area contributed by atoms with E-state index in [9.17, 15) is 0 Å². The molecule has 7 rings (SSSR count). The van der Waals surface area contributed by atoms with Crippen molar-refractivity contribution in [3.05, 3.63) is 114 Å². The third kappa shape index (κ3) is 3.24. The van der Waals surface area contributed by atoms with Gasteiger partial charge in [0.05, 0.1) is 11.0 Å². The lowest BCUT2D eigenvalue weighted by Crippen LogP contribution is -2.00. The molecule has 0 N–H and O–H groups in total. The molecule has 6 aromatic rings. The zero-order valence-electron chi connectivity index (χ0n) is 20.2. The molecule has 0 saturated heterocycles. The van der Waals surface area contributed by atoms with E-state index in [-0.39, 0.29) is 0 Å². The Morgan fingerprint density at radius 3 is 2.61 bits per heavy atom. The van der Waals surface area contributed by atoms with Gasteiger partial charge in [-0.15, -0.1) is 0 Å². The molecule has 0 radical (unpaired) electrons. The first-order valence-corrected chi connectivity index (χ1v) is 12.7. The highest BCUT2D eigenvalue weighted by molar-refractivity contribution is 5.97. The second kappa shape index (κ2) is 8.39. The van der Waals surface area contributed by atoms with Gasteiger partial charge in [0.1, 0.15) is 17.2 Å². The van der Waals surface area contributed by atoms with Crippen LogP contribution in [0.2, 0.25) is 0 Å². The van der Waals surface area contributed by atoms with Gasteiger partial charge in [0.25, 0.3) is 0 Å². The standard InChI is InChI=1S/C33H26N2O/c1-2-22-21-23(25-14-10-15-28-27-13-6-9-18-31(27)36-32(25)28)19-20-26(22)33-34-29-16-7-8-17-30(29)35(33)24-11-4-3-5-12-24/h3-5,7-12,14-21H,2,6,13H2,1H3. The van der Waals surface area contributed by atoms with Crippen LogP contribution in [0.5, 0.6) is 0 Å². The topological polar surface area (TPSA) is 31.0 Å². The molecule has 2 heterocycles. The lowest BCUT2D eigenvalue weighted by atomic mass is 9.95. The quantitative estimate of drug-likeness (QED) is 0.260. The van der Waals surface area contributed by atoms with Crippen LogP contribution >= 0.6 is 0 Å². The summed E-state index contributed by atoms with van der Waals surface area (Å²) in [6, 6.07) is 32.2. The van der Waals surface area contributed by atoms with E-state index in [1.54, 1.807) is 0 Å². The van der Waals surface area contributed by atoms with Crippen molar-refractivity contribution in [1.29, 1.82) is 0 Å². The molecule has 1 aliphatic rings. The molecule has 174 valence electrons. The molecule has 0 bridgehead atoms. The molecule has 0 spiro atoms. The fourth-order valence-corrected chi connectivity index (χ4v) is 5.54. The van der Waals surface area contributed by atoms with E-state index in [0.717, 1.165) is 64.3 Å². The van der Waals surface area contributed by atoms with E-state index in [2.05, 4.69) is 115 Å². The Morgan fingerprint density at radius 1 is 0.861 bits per heavy atom. The number of allylic oxidation sites excluding steroid dienone is 1. The lowest BCUT2D eigenvalue weighted by molar-refractivity contribution is 0.596. The van der Waals surface area contributed by atoms with E-state index < -0.39 is 0 Å². The van der Waals surface area contributed by atoms with Crippen LogP contribution in [0.25, 0.3) is 56.3 Å². The van der Waals surface area contributed by atoms with Gasteiger partial charge in [0.15, 0.2) is 0 Å². The summed E-state index contributed by atoms with van der Waals surface area (Å²) in [6.45, 7) is 2.22. The summed E-state index contributed by atoms with van der Waals surface area (Å²) in [7, 11) is 0. The lowest BCUT2D eigenvalue weighted by Gasteiger charge is -2.14. The molecule has 0 fully saturated rings. The smallest absolute Gasteiger partial charge is 0.146 e. The van der Waals surface area contributed by atoms with Gasteiger partial charge < -0.3 is 4.42 Å². The van der Waals surface area contributed by atoms with Crippen LogP contribution in [0.15, 0.2) is 101 Å². The Hall–Kier alpha value is -4.37. The normalized spacial score (nSPS) is 12.9. The third-order valence-electron chi connectivity index (χ3n) is 7.29. The van der Waals surface area contributed by atoms with Crippen molar-refractivity contribution in [3.63, 3.8) is 0 Å². The maximum atomic E-state index is 6.38. The fourth-order valence-electron chi connectivity index (χ4n) is 5.54. The second-order valence-corrected chi connectivity index (χ2v) is 9.39. The Balaban J connectivity index is 1.42. The van der Waals surface area contributed by atoms with Crippen LogP contribution in [-0.2, 0) is 12.8 Å². The molecule has 36 heavy (non-hydrogen) atoms. The minimum Gasteiger partial charge on any atom is -0.456 e. The van der Waals surface area contributed by atoms with E-state index >= 15 is 0 Å². The summed E-state index contributed by atoms with van der Waals surface area (Å²) < 4.78 is 8.65. The summed E-state index contributed by atoms with van der Waals surface area (Å²) >= 11 is 0. The summed E-state index contributed by atoms with van der Waals surface area (Å²) in [5, 5.41) is 1.24. The maximum Gasteiger partial charge on any atom is 0.146 e.